The molecule has 4 heteroatoms. The number of ether oxygens (including phenoxy) is 1. The predicted octanol–water partition coefficient (Wildman–Crippen LogP) is 1.91. The van der Waals surface area contributed by atoms with Crippen molar-refractivity contribution in [3.05, 3.63) is 35.4 Å². The molecule has 1 atom stereocenters. The van der Waals surface area contributed by atoms with E-state index in [-0.39, 0.29) is 11.2 Å². The molecular formula is C11H13ClN2O. The summed E-state index contributed by atoms with van der Waals surface area (Å²) in [6.45, 7) is 2.37. The van der Waals surface area contributed by atoms with Crippen molar-refractivity contribution in [2.24, 2.45) is 0 Å². The highest BCUT2D eigenvalue weighted by Gasteiger charge is 2.14. The van der Waals surface area contributed by atoms with Crippen LogP contribution < -0.4 is 5.32 Å². The summed E-state index contributed by atoms with van der Waals surface area (Å²) in [5, 5.41) is 10.7. The zero-order valence-corrected chi connectivity index (χ0v) is 9.05. The number of nitrogens with one attached hydrogen (secondary N) is 2. The summed E-state index contributed by atoms with van der Waals surface area (Å²) in [7, 11) is 0. The Balaban J connectivity index is 2.11. The second kappa shape index (κ2) is 4.75. The highest BCUT2D eigenvalue weighted by Crippen LogP contribution is 2.16. The van der Waals surface area contributed by atoms with Crippen LogP contribution in [0.5, 0.6) is 0 Å². The van der Waals surface area contributed by atoms with Gasteiger partial charge in [0.15, 0.2) is 0 Å². The smallest absolute Gasteiger partial charge is 0.128 e. The molecule has 80 valence electrons. The first-order chi connectivity index (χ1) is 7.27. The van der Waals surface area contributed by atoms with Gasteiger partial charge in [-0.25, -0.2) is 0 Å². The van der Waals surface area contributed by atoms with Crippen molar-refractivity contribution >= 4 is 16.8 Å². The van der Waals surface area contributed by atoms with Gasteiger partial charge >= 0.3 is 0 Å². The molecule has 1 fully saturated rings. The first-order valence-electron chi connectivity index (χ1n) is 4.93. The monoisotopic (exact) mass is 224 g/mol. The number of hydrogen-bond acceptors (Lipinski definition) is 3. The lowest BCUT2D eigenvalue weighted by Gasteiger charge is -2.24. The maximum Gasteiger partial charge on any atom is 0.128 e. The average molecular weight is 225 g/mol. The van der Waals surface area contributed by atoms with Crippen LogP contribution in [0.15, 0.2) is 24.3 Å². The third-order valence-corrected chi connectivity index (χ3v) is 2.71. The van der Waals surface area contributed by atoms with E-state index < -0.39 is 0 Å². The van der Waals surface area contributed by atoms with Gasteiger partial charge in [-0.15, -0.1) is 0 Å². The lowest BCUT2D eigenvalue weighted by Crippen LogP contribution is -2.34. The first-order valence-corrected chi connectivity index (χ1v) is 5.30. The van der Waals surface area contributed by atoms with Crippen molar-refractivity contribution < 1.29 is 4.74 Å². The molecule has 1 unspecified atom stereocenters. The highest BCUT2D eigenvalue weighted by atomic mass is 35.5. The Morgan fingerprint density at radius 3 is 2.67 bits per heavy atom. The zero-order chi connectivity index (χ0) is 10.7. The van der Waals surface area contributed by atoms with Crippen LogP contribution in [0.1, 0.15) is 17.2 Å². The van der Waals surface area contributed by atoms with Crippen LogP contribution >= 0.6 is 11.6 Å². The Kier molecular flexibility index (Phi) is 3.36. The van der Waals surface area contributed by atoms with Crippen LogP contribution in [0.4, 0.5) is 0 Å². The van der Waals surface area contributed by atoms with E-state index in [1.165, 1.54) is 5.56 Å². The molecule has 15 heavy (non-hydrogen) atoms. The zero-order valence-electron chi connectivity index (χ0n) is 8.29. The Bertz CT molecular complexity index is 344. The molecule has 1 saturated heterocycles. The molecular weight excluding hydrogens is 212 g/mol. The van der Waals surface area contributed by atoms with Gasteiger partial charge in [0.1, 0.15) is 5.17 Å². The minimum atomic E-state index is 0.0782. The molecule has 1 aliphatic rings. The Morgan fingerprint density at radius 2 is 2.13 bits per heavy atom. The Hall–Kier alpha value is -0.900. The van der Waals surface area contributed by atoms with Gasteiger partial charge in [-0.05, 0) is 5.56 Å². The average Bonchev–Trinajstić information content (AvgIpc) is 2.30. The van der Waals surface area contributed by atoms with E-state index >= 15 is 0 Å². The number of halogens is 1. The first kappa shape index (κ1) is 10.6. The lowest BCUT2D eigenvalue weighted by atomic mass is 10.1. The summed E-state index contributed by atoms with van der Waals surface area (Å²) in [4.78, 5) is 0. The number of hydrogen-bond donors (Lipinski definition) is 2. The van der Waals surface area contributed by atoms with Gasteiger partial charge in [-0.2, -0.15) is 0 Å². The molecule has 1 aromatic carbocycles. The van der Waals surface area contributed by atoms with E-state index in [2.05, 4.69) is 5.32 Å². The maximum absolute atomic E-state index is 7.28. The van der Waals surface area contributed by atoms with Gasteiger partial charge < -0.3 is 10.1 Å². The van der Waals surface area contributed by atoms with E-state index in [9.17, 15) is 0 Å². The summed E-state index contributed by atoms with van der Waals surface area (Å²) in [6, 6.07) is 7.95. The van der Waals surface area contributed by atoms with Crippen molar-refractivity contribution in [1.82, 2.24) is 5.32 Å². The molecule has 0 radical (unpaired) electrons. The maximum atomic E-state index is 7.28. The Labute approximate surface area is 93.9 Å². The van der Waals surface area contributed by atoms with Crippen LogP contribution in [-0.2, 0) is 4.74 Å². The van der Waals surface area contributed by atoms with Crippen LogP contribution in [0.3, 0.4) is 0 Å². The topological polar surface area (TPSA) is 45.1 Å². The summed E-state index contributed by atoms with van der Waals surface area (Å²) in [5.74, 6) is 0. The fourth-order valence-corrected chi connectivity index (χ4v) is 1.77. The van der Waals surface area contributed by atoms with Gasteiger partial charge in [0.05, 0.1) is 19.3 Å². The molecule has 0 spiro atoms. The molecule has 0 aliphatic carbocycles. The molecule has 0 saturated carbocycles. The highest BCUT2D eigenvalue weighted by molar-refractivity contribution is 6.68. The summed E-state index contributed by atoms with van der Waals surface area (Å²) < 4.78 is 5.38. The minimum absolute atomic E-state index is 0.0782. The third-order valence-electron chi connectivity index (χ3n) is 2.49. The van der Waals surface area contributed by atoms with Crippen LogP contribution in [-0.4, -0.2) is 24.9 Å². The van der Waals surface area contributed by atoms with Crippen LogP contribution in [0.2, 0.25) is 0 Å². The fraction of sp³-hybridized carbons (Fsp3) is 0.364. The Morgan fingerprint density at radius 1 is 1.40 bits per heavy atom. The van der Waals surface area contributed by atoms with Crippen molar-refractivity contribution in [2.45, 2.75) is 6.04 Å². The van der Waals surface area contributed by atoms with E-state index in [1.807, 2.05) is 24.3 Å². The largest absolute Gasteiger partial charge is 0.378 e. The fourth-order valence-electron chi connectivity index (χ4n) is 1.64. The minimum Gasteiger partial charge on any atom is -0.378 e. The molecule has 1 aromatic rings. The van der Waals surface area contributed by atoms with E-state index in [4.69, 9.17) is 21.7 Å². The van der Waals surface area contributed by atoms with E-state index in [0.29, 0.717) is 6.61 Å². The van der Waals surface area contributed by atoms with Crippen molar-refractivity contribution in [3.63, 3.8) is 0 Å². The number of morpholine rings is 1. The second-order valence-electron chi connectivity index (χ2n) is 3.52. The van der Waals surface area contributed by atoms with Crippen molar-refractivity contribution in [3.8, 4) is 0 Å². The quantitative estimate of drug-likeness (QED) is 0.754. The molecule has 0 bridgehead atoms. The summed E-state index contributed by atoms with van der Waals surface area (Å²) in [6.07, 6.45) is 0. The molecule has 1 aliphatic heterocycles. The predicted molar refractivity (Wildman–Crippen MR) is 60.7 cm³/mol. The molecule has 0 amide bonds. The molecule has 3 nitrogen and oxygen atoms in total. The summed E-state index contributed by atoms with van der Waals surface area (Å²) in [5.41, 5.74) is 1.92. The van der Waals surface area contributed by atoms with E-state index in [1.54, 1.807) is 0 Å². The van der Waals surface area contributed by atoms with Gasteiger partial charge in [-0.1, -0.05) is 35.9 Å². The molecule has 0 aromatic heterocycles. The van der Waals surface area contributed by atoms with Crippen LogP contribution in [0, 0.1) is 5.41 Å². The van der Waals surface area contributed by atoms with Gasteiger partial charge in [0, 0.05) is 12.1 Å². The SMILES string of the molecule is N=C(Cl)c1ccc(C2COCCN2)cc1. The second-order valence-corrected chi connectivity index (χ2v) is 3.90. The number of rotatable bonds is 2. The lowest BCUT2D eigenvalue weighted by molar-refractivity contribution is 0.0769. The summed E-state index contributed by atoms with van der Waals surface area (Å²) >= 11 is 5.58. The normalized spacial score (nSPS) is 21.3. The molecule has 2 N–H and O–H groups in total. The van der Waals surface area contributed by atoms with Gasteiger partial charge in [0.25, 0.3) is 0 Å². The van der Waals surface area contributed by atoms with Crippen molar-refractivity contribution in [1.29, 1.82) is 5.41 Å². The van der Waals surface area contributed by atoms with Gasteiger partial charge in [0.2, 0.25) is 0 Å². The molecule has 1 heterocycles. The van der Waals surface area contributed by atoms with E-state index in [0.717, 1.165) is 18.7 Å². The number of benzene rings is 1. The van der Waals surface area contributed by atoms with Gasteiger partial charge in [-0.3, -0.25) is 5.41 Å². The van der Waals surface area contributed by atoms with Crippen LogP contribution in [0.25, 0.3) is 0 Å². The molecule has 2 rings (SSSR count). The standard InChI is InChI=1S/C11H13ClN2O/c12-11(13)9-3-1-8(2-4-9)10-7-15-6-5-14-10/h1-4,10,13-14H,5-7H2. The third kappa shape index (κ3) is 2.56. The van der Waals surface area contributed by atoms with Crippen molar-refractivity contribution in [2.75, 3.05) is 19.8 Å².